The molecule has 0 saturated heterocycles. The van der Waals surface area contributed by atoms with E-state index in [4.69, 9.17) is 0 Å². The molecule has 0 aromatic heterocycles. The van der Waals surface area contributed by atoms with Crippen LogP contribution in [0.2, 0.25) is 0 Å². The van der Waals surface area contributed by atoms with Crippen LogP contribution in [0.5, 0.6) is 0 Å². The topological polar surface area (TPSA) is 15.3 Å². The molecule has 0 aliphatic heterocycles. The maximum absolute atomic E-state index is 4.14. The average molecular weight is 226 g/mol. The molecule has 2 nitrogen and oxygen atoms in total. The van der Waals surface area contributed by atoms with Crippen LogP contribution in [0, 0.1) is 0 Å². The first kappa shape index (κ1) is 15.5. The fourth-order valence-electron chi connectivity index (χ4n) is 1.77. The first-order valence-corrected chi connectivity index (χ1v) is 6.75. The molecule has 16 heavy (non-hydrogen) atoms. The number of hydrogen-bond donors (Lipinski definition) is 1. The van der Waals surface area contributed by atoms with E-state index in [1.165, 1.54) is 50.8 Å². The SMILES string of the molecule is C=C(CCCNC)N(C)CCCCCCC. The molecule has 0 aliphatic rings. The Hall–Kier alpha value is -0.500. The van der Waals surface area contributed by atoms with Crippen molar-refractivity contribution in [2.45, 2.75) is 51.9 Å². The summed E-state index contributed by atoms with van der Waals surface area (Å²) in [4.78, 5) is 2.32. The zero-order valence-electron chi connectivity index (χ0n) is 11.5. The van der Waals surface area contributed by atoms with Crippen molar-refractivity contribution in [1.29, 1.82) is 0 Å². The van der Waals surface area contributed by atoms with E-state index < -0.39 is 0 Å². The lowest BCUT2D eigenvalue weighted by atomic mass is 10.1. The molecule has 0 aromatic carbocycles. The van der Waals surface area contributed by atoms with Crippen molar-refractivity contribution in [1.82, 2.24) is 10.2 Å². The number of rotatable bonds is 11. The van der Waals surface area contributed by atoms with E-state index in [1.54, 1.807) is 0 Å². The van der Waals surface area contributed by atoms with Gasteiger partial charge in [0.2, 0.25) is 0 Å². The molecule has 0 unspecified atom stereocenters. The van der Waals surface area contributed by atoms with Crippen LogP contribution in [0.1, 0.15) is 51.9 Å². The Morgan fingerprint density at radius 2 is 1.81 bits per heavy atom. The zero-order chi connectivity index (χ0) is 12.2. The number of allylic oxidation sites excluding steroid dienone is 1. The Morgan fingerprint density at radius 3 is 2.44 bits per heavy atom. The van der Waals surface area contributed by atoms with Gasteiger partial charge in [0.1, 0.15) is 0 Å². The van der Waals surface area contributed by atoms with Gasteiger partial charge in [0, 0.05) is 19.3 Å². The molecule has 0 fully saturated rings. The summed E-state index contributed by atoms with van der Waals surface area (Å²) in [5.41, 5.74) is 1.28. The molecule has 0 rings (SSSR count). The van der Waals surface area contributed by atoms with Gasteiger partial charge in [0.15, 0.2) is 0 Å². The second-order valence-corrected chi connectivity index (χ2v) is 4.61. The summed E-state index contributed by atoms with van der Waals surface area (Å²) in [6.45, 7) is 8.65. The lowest BCUT2D eigenvalue weighted by molar-refractivity contribution is 0.382. The Labute approximate surface area is 102 Å². The highest BCUT2D eigenvalue weighted by Gasteiger charge is 2.01. The van der Waals surface area contributed by atoms with Crippen LogP contribution < -0.4 is 5.32 Å². The van der Waals surface area contributed by atoms with Crippen LogP contribution >= 0.6 is 0 Å². The molecule has 96 valence electrons. The fourth-order valence-corrected chi connectivity index (χ4v) is 1.77. The fraction of sp³-hybridized carbons (Fsp3) is 0.857. The minimum atomic E-state index is 1.09. The highest BCUT2D eigenvalue weighted by atomic mass is 15.1. The van der Waals surface area contributed by atoms with Gasteiger partial charge in [-0.3, -0.25) is 0 Å². The molecule has 0 atom stereocenters. The first-order valence-electron chi connectivity index (χ1n) is 6.75. The van der Waals surface area contributed by atoms with Gasteiger partial charge in [0.05, 0.1) is 0 Å². The maximum atomic E-state index is 4.14. The van der Waals surface area contributed by atoms with Gasteiger partial charge in [-0.2, -0.15) is 0 Å². The smallest absolute Gasteiger partial charge is 0.0171 e. The van der Waals surface area contributed by atoms with Crippen molar-refractivity contribution in [3.8, 4) is 0 Å². The molecule has 0 aromatic rings. The highest BCUT2D eigenvalue weighted by Crippen LogP contribution is 2.09. The van der Waals surface area contributed by atoms with Gasteiger partial charge in [-0.05, 0) is 32.9 Å². The van der Waals surface area contributed by atoms with Crippen molar-refractivity contribution in [2.75, 3.05) is 27.2 Å². The Bertz CT molecular complexity index is 166. The van der Waals surface area contributed by atoms with Crippen LogP contribution in [-0.4, -0.2) is 32.1 Å². The van der Waals surface area contributed by atoms with E-state index in [-0.39, 0.29) is 0 Å². The van der Waals surface area contributed by atoms with Crippen molar-refractivity contribution in [2.24, 2.45) is 0 Å². The Balaban J connectivity index is 3.40. The maximum Gasteiger partial charge on any atom is 0.0171 e. The predicted octanol–water partition coefficient (Wildman–Crippen LogP) is 3.40. The van der Waals surface area contributed by atoms with E-state index in [9.17, 15) is 0 Å². The summed E-state index contributed by atoms with van der Waals surface area (Å²) in [5.74, 6) is 0. The highest BCUT2D eigenvalue weighted by molar-refractivity contribution is 4.92. The summed E-state index contributed by atoms with van der Waals surface area (Å²) in [6, 6.07) is 0. The Morgan fingerprint density at radius 1 is 1.12 bits per heavy atom. The largest absolute Gasteiger partial charge is 0.378 e. The van der Waals surface area contributed by atoms with Crippen LogP contribution in [0.3, 0.4) is 0 Å². The summed E-state index contributed by atoms with van der Waals surface area (Å²) in [6.07, 6.45) is 9.07. The van der Waals surface area contributed by atoms with E-state index in [1.807, 2.05) is 7.05 Å². The molecule has 0 aliphatic carbocycles. The van der Waals surface area contributed by atoms with Crippen molar-refractivity contribution < 1.29 is 0 Å². The number of hydrogen-bond acceptors (Lipinski definition) is 2. The second-order valence-electron chi connectivity index (χ2n) is 4.61. The van der Waals surface area contributed by atoms with Crippen LogP contribution in [0.25, 0.3) is 0 Å². The second kappa shape index (κ2) is 11.0. The molecular formula is C14H30N2. The zero-order valence-corrected chi connectivity index (χ0v) is 11.5. The van der Waals surface area contributed by atoms with Crippen LogP contribution in [0.15, 0.2) is 12.3 Å². The minimum absolute atomic E-state index is 1.09. The van der Waals surface area contributed by atoms with E-state index >= 15 is 0 Å². The molecule has 0 radical (unpaired) electrons. The standard InChI is InChI=1S/C14H30N2/c1-5-6-7-8-9-13-16(4)14(2)11-10-12-15-3/h15H,2,5-13H2,1,3-4H3. The first-order chi connectivity index (χ1) is 7.72. The van der Waals surface area contributed by atoms with Crippen molar-refractivity contribution in [3.63, 3.8) is 0 Å². The minimum Gasteiger partial charge on any atom is -0.378 e. The monoisotopic (exact) mass is 226 g/mol. The van der Waals surface area contributed by atoms with Gasteiger partial charge in [-0.1, -0.05) is 39.2 Å². The van der Waals surface area contributed by atoms with E-state index in [0.29, 0.717) is 0 Å². The predicted molar refractivity (Wildman–Crippen MR) is 73.7 cm³/mol. The van der Waals surface area contributed by atoms with E-state index in [0.717, 1.165) is 13.0 Å². The average Bonchev–Trinajstić information content (AvgIpc) is 2.28. The van der Waals surface area contributed by atoms with Crippen molar-refractivity contribution in [3.05, 3.63) is 12.3 Å². The summed E-state index contributed by atoms with van der Waals surface area (Å²) in [7, 11) is 4.17. The van der Waals surface area contributed by atoms with Gasteiger partial charge in [-0.15, -0.1) is 0 Å². The van der Waals surface area contributed by atoms with E-state index in [2.05, 4.69) is 30.8 Å². The number of nitrogens with zero attached hydrogens (tertiary/aromatic N) is 1. The van der Waals surface area contributed by atoms with Gasteiger partial charge >= 0.3 is 0 Å². The third kappa shape index (κ3) is 8.78. The molecular weight excluding hydrogens is 196 g/mol. The third-order valence-corrected chi connectivity index (χ3v) is 3.03. The van der Waals surface area contributed by atoms with Gasteiger partial charge in [-0.25, -0.2) is 0 Å². The number of unbranched alkanes of at least 4 members (excludes halogenated alkanes) is 4. The number of nitrogens with one attached hydrogen (secondary N) is 1. The van der Waals surface area contributed by atoms with Crippen molar-refractivity contribution >= 4 is 0 Å². The molecule has 2 heteroatoms. The third-order valence-electron chi connectivity index (χ3n) is 3.03. The lowest BCUT2D eigenvalue weighted by Gasteiger charge is -2.21. The molecule has 0 saturated carbocycles. The Kier molecular flexibility index (Phi) is 10.7. The van der Waals surface area contributed by atoms with Crippen LogP contribution in [0.4, 0.5) is 0 Å². The van der Waals surface area contributed by atoms with Gasteiger partial charge < -0.3 is 10.2 Å². The molecule has 1 N–H and O–H groups in total. The lowest BCUT2D eigenvalue weighted by Crippen LogP contribution is -2.19. The molecule has 0 spiro atoms. The summed E-state index contributed by atoms with van der Waals surface area (Å²) in [5, 5.41) is 3.17. The summed E-state index contributed by atoms with van der Waals surface area (Å²) >= 11 is 0. The summed E-state index contributed by atoms with van der Waals surface area (Å²) < 4.78 is 0. The van der Waals surface area contributed by atoms with Gasteiger partial charge in [0.25, 0.3) is 0 Å². The normalized spacial score (nSPS) is 10.4. The molecule has 0 bridgehead atoms. The molecule has 0 heterocycles. The van der Waals surface area contributed by atoms with Crippen LogP contribution in [-0.2, 0) is 0 Å². The molecule has 0 amide bonds. The quantitative estimate of drug-likeness (QED) is 0.543.